The predicted octanol–water partition coefficient (Wildman–Crippen LogP) is 7.58. The largest absolute Gasteiger partial charge is 0.381 e. The Bertz CT molecular complexity index is 602. The molecular formula is C33H62N2O4. The smallest absolute Gasteiger partial charge is 0.245 e. The summed E-state index contributed by atoms with van der Waals surface area (Å²) in [5, 5.41) is 0. The molecule has 0 spiro atoms. The second-order valence-electron chi connectivity index (χ2n) is 11.4. The molecule has 0 aliphatic rings. The zero-order valence-electron chi connectivity index (χ0n) is 26.5. The molecule has 0 aromatic carbocycles. The molecule has 0 unspecified atom stereocenters. The van der Waals surface area contributed by atoms with Crippen LogP contribution in [0.1, 0.15) is 117 Å². The van der Waals surface area contributed by atoms with Crippen molar-refractivity contribution in [2.45, 2.75) is 117 Å². The van der Waals surface area contributed by atoms with Crippen LogP contribution in [-0.2, 0) is 19.1 Å². The van der Waals surface area contributed by atoms with Gasteiger partial charge >= 0.3 is 0 Å². The highest BCUT2D eigenvalue weighted by molar-refractivity contribution is 5.88. The van der Waals surface area contributed by atoms with Crippen molar-refractivity contribution < 1.29 is 19.1 Å². The van der Waals surface area contributed by atoms with E-state index in [1.807, 2.05) is 12.2 Å². The molecule has 6 nitrogen and oxygen atoms in total. The van der Waals surface area contributed by atoms with Crippen LogP contribution in [0.4, 0.5) is 0 Å². The van der Waals surface area contributed by atoms with E-state index in [9.17, 15) is 9.59 Å². The Kier molecular flexibility index (Phi) is 24.2. The lowest BCUT2D eigenvalue weighted by Gasteiger charge is -2.28. The van der Waals surface area contributed by atoms with Gasteiger partial charge in [-0.2, -0.15) is 0 Å². The molecule has 0 N–H and O–H groups in total. The molecule has 0 aromatic rings. The highest BCUT2D eigenvalue weighted by Crippen LogP contribution is 2.30. The maximum absolute atomic E-state index is 12.4. The lowest BCUT2D eigenvalue weighted by molar-refractivity contribution is -0.124. The van der Waals surface area contributed by atoms with Gasteiger partial charge in [-0.05, 0) is 25.7 Å². The van der Waals surface area contributed by atoms with Crippen LogP contribution in [0.5, 0.6) is 0 Å². The maximum Gasteiger partial charge on any atom is 0.245 e. The van der Waals surface area contributed by atoms with Crippen molar-refractivity contribution in [2.75, 3.05) is 54.6 Å². The number of hydrogen-bond acceptors (Lipinski definition) is 4. The number of rotatable bonds is 26. The number of nitrogens with zero attached hydrogens (tertiary/aromatic N) is 2. The summed E-state index contributed by atoms with van der Waals surface area (Å²) >= 11 is 0. The molecule has 39 heavy (non-hydrogen) atoms. The topological polar surface area (TPSA) is 59.1 Å². The average molecular weight is 551 g/mol. The molecule has 6 heteroatoms. The first-order chi connectivity index (χ1) is 18.8. The normalized spacial score (nSPS) is 13.3. The molecular weight excluding hydrogens is 488 g/mol. The Morgan fingerprint density at radius 3 is 1.44 bits per heavy atom. The molecule has 0 heterocycles. The van der Waals surface area contributed by atoms with E-state index in [0.717, 1.165) is 58.2 Å². The van der Waals surface area contributed by atoms with Crippen molar-refractivity contribution in [1.29, 1.82) is 0 Å². The highest BCUT2D eigenvalue weighted by Gasteiger charge is 2.25. The zero-order chi connectivity index (χ0) is 29.2. The fraction of sp³-hybridized carbons (Fsp3) is 0.818. The number of amides is 2. The van der Waals surface area contributed by atoms with Gasteiger partial charge in [0, 0.05) is 65.6 Å². The van der Waals surface area contributed by atoms with Crippen molar-refractivity contribution in [1.82, 2.24) is 9.80 Å². The van der Waals surface area contributed by atoms with Crippen LogP contribution in [0.25, 0.3) is 0 Å². The number of carbonyl (C=O) groups is 2. The molecule has 0 saturated heterocycles. The molecule has 0 aromatic heterocycles. The molecule has 0 radical (unpaired) electrons. The fourth-order valence-electron chi connectivity index (χ4n) is 4.33. The number of likely N-dealkylation sites (N-methyl/N-ethyl adjacent to an activating group) is 2. The van der Waals surface area contributed by atoms with E-state index >= 15 is 0 Å². The van der Waals surface area contributed by atoms with Gasteiger partial charge in [-0.25, -0.2) is 0 Å². The Morgan fingerprint density at radius 2 is 0.949 bits per heavy atom. The molecule has 0 bridgehead atoms. The summed E-state index contributed by atoms with van der Waals surface area (Å²) in [6.45, 7) is 7.32. The number of carbonyl (C=O) groups excluding carboxylic acids is 2. The van der Waals surface area contributed by atoms with E-state index in [0.29, 0.717) is 13.2 Å². The minimum absolute atomic E-state index is 0.0602. The Morgan fingerprint density at radius 1 is 0.564 bits per heavy atom. The van der Waals surface area contributed by atoms with Crippen LogP contribution >= 0.6 is 0 Å². The molecule has 2 amide bonds. The van der Waals surface area contributed by atoms with E-state index in [2.05, 4.69) is 13.8 Å². The molecule has 228 valence electrons. The average Bonchev–Trinajstić information content (AvgIpc) is 2.91. The van der Waals surface area contributed by atoms with E-state index < -0.39 is 5.41 Å². The van der Waals surface area contributed by atoms with E-state index in [1.165, 1.54) is 57.8 Å². The van der Waals surface area contributed by atoms with Gasteiger partial charge in [-0.1, -0.05) is 103 Å². The third-order valence-electron chi connectivity index (χ3n) is 7.08. The molecule has 0 aliphatic heterocycles. The van der Waals surface area contributed by atoms with Gasteiger partial charge < -0.3 is 19.3 Å². The maximum atomic E-state index is 12.4. The third kappa shape index (κ3) is 21.8. The minimum Gasteiger partial charge on any atom is -0.381 e. The van der Waals surface area contributed by atoms with Crippen LogP contribution in [0.2, 0.25) is 0 Å². The second kappa shape index (κ2) is 25.3. The van der Waals surface area contributed by atoms with Gasteiger partial charge in [0.25, 0.3) is 0 Å². The number of hydrogen-bond donors (Lipinski definition) is 0. The molecule has 0 rings (SSSR count). The Balaban J connectivity index is 5.02. The standard InChI is InChI=1S/C33H62N2O4/c1-7-9-11-12-13-14-16-21-29-39-30-33(25-22-31(36)34(3)4,26-23-32(37)35(5)6)24-18-15-17-20-28-38-27-19-10-8-2/h22-23,25-26H,7-21,24,27-30H2,1-6H3. The summed E-state index contributed by atoms with van der Waals surface area (Å²) < 4.78 is 11.9. The van der Waals surface area contributed by atoms with Gasteiger partial charge in [0.2, 0.25) is 11.8 Å². The van der Waals surface area contributed by atoms with Crippen LogP contribution in [-0.4, -0.2) is 76.2 Å². The first kappa shape index (κ1) is 37.3. The van der Waals surface area contributed by atoms with Crippen LogP contribution in [0.15, 0.2) is 24.3 Å². The van der Waals surface area contributed by atoms with Gasteiger partial charge in [0.1, 0.15) is 0 Å². The van der Waals surface area contributed by atoms with Crippen molar-refractivity contribution >= 4 is 11.8 Å². The number of ether oxygens (including phenoxy) is 2. The molecule has 0 atom stereocenters. The van der Waals surface area contributed by atoms with Gasteiger partial charge in [0.05, 0.1) is 6.61 Å². The van der Waals surface area contributed by atoms with E-state index in [4.69, 9.17) is 9.47 Å². The minimum atomic E-state index is -0.492. The quantitative estimate of drug-likeness (QED) is 0.0823. The summed E-state index contributed by atoms with van der Waals surface area (Å²) in [6, 6.07) is 0. The van der Waals surface area contributed by atoms with Crippen LogP contribution in [0, 0.1) is 5.41 Å². The summed E-state index contributed by atoms with van der Waals surface area (Å²) in [4.78, 5) is 27.9. The summed E-state index contributed by atoms with van der Waals surface area (Å²) in [6.07, 6.45) is 26.0. The van der Waals surface area contributed by atoms with Gasteiger partial charge in [-0.15, -0.1) is 0 Å². The fourth-order valence-corrected chi connectivity index (χ4v) is 4.33. The van der Waals surface area contributed by atoms with Crippen LogP contribution in [0.3, 0.4) is 0 Å². The second-order valence-corrected chi connectivity index (χ2v) is 11.4. The first-order valence-electron chi connectivity index (χ1n) is 15.7. The molecule has 0 aliphatic carbocycles. The van der Waals surface area contributed by atoms with Gasteiger partial charge in [0.15, 0.2) is 0 Å². The van der Waals surface area contributed by atoms with E-state index in [-0.39, 0.29) is 11.8 Å². The van der Waals surface area contributed by atoms with Crippen molar-refractivity contribution in [3.05, 3.63) is 24.3 Å². The van der Waals surface area contributed by atoms with E-state index in [1.54, 1.807) is 50.1 Å². The lowest BCUT2D eigenvalue weighted by atomic mass is 9.82. The summed E-state index contributed by atoms with van der Waals surface area (Å²) in [7, 11) is 7.01. The van der Waals surface area contributed by atoms with Crippen molar-refractivity contribution in [3.8, 4) is 0 Å². The van der Waals surface area contributed by atoms with Crippen molar-refractivity contribution in [3.63, 3.8) is 0 Å². The predicted molar refractivity (Wildman–Crippen MR) is 165 cm³/mol. The van der Waals surface area contributed by atoms with Crippen molar-refractivity contribution in [2.24, 2.45) is 5.41 Å². The molecule has 0 saturated carbocycles. The first-order valence-corrected chi connectivity index (χ1v) is 15.7. The van der Waals surface area contributed by atoms with Crippen LogP contribution < -0.4 is 0 Å². The SMILES string of the molecule is CCCCCCCCCCOCC(C=CC(=O)N(C)C)(C=CC(=O)N(C)C)CCCCCCOCCCCC. The monoisotopic (exact) mass is 550 g/mol. The number of unbranched alkanes of at least 4 members (excludes halogenated alkanes) is 12. The Hall–Kier alpha value is -1.66. The summed E-state index contributed by atoms with van der Waals surface area (Å²) in [5.74, 6) is -0.120. The zero-order valence-corrected chi connectivity index (χ0v) is 26.5. The molecule has 0 fully saturated rings. The third-order valence-corrected chi connectivity index (χ3v) is 7.08. The highest BCUT2D eigenvalue weighted by atomic mass is 16.5. The summed E-state index contributed by atoms with van der Waals surface area (Å²) in [5.41, 5.74) is -0.492. The van der Waals surface area contributed by atoms with Gasteiger partial charge in [-0.3, -0.25) is 9.59 Å². The lowest BCUT2D eigenvalue weighted by Crippen LogP contribution is -2.27. The Labute approximate surface area is 241 Å².